The number of carbonyl (C=O) groups excluding carboxylic acids is 1. The van der Waals surface area contributed by atoms with E-state index in [4.69, 9.17) is 5.73 Å². The van der Waals surface area contributed by atoms with E-state index in [0.717, 1.165) is 17.3 Å². The van der Waals surface area contributed by atoms with Crippen molar-refractivity contribution in [3.8, 4) is 0 Å². The first-order valence-corrected chi connectivity index (χ1v) is 7.32. The molecule has 3 nitrogen and oxygen atoms in total. The summed E-state index contributed by atoms with van der Waals surface area (Å²) < 4.78 is 0.878. The molecule has 0 heterocycles. The van der Waals surface area contributed by atoms with Crippen LogP contribution < -0.4 is 11.1 Å². The van der Waals surface area contributed by atoms with Crippen molar-refractivity contribution < 1.29 is 4.79 Å². The highest BCUT2D eigenvalue weighted by Gasteiger charge is 2.17. The Morgan fingerprint density at radius 3 is 2.56 bits per heavy atom. The maximum Gasteiger partial charge on any atom is 0.253 e. The molecule has 1 saturated carbocycles. The van der Waals surface area contributed by atoms with E-state index in [-0.39, 0.29) is 5.91 Å². The molecule has 98 valence electrons. The Labute approximate surface area is 116 Å². The summed E-state index contributed by atoms with van der Waals surface area (Å²) in [6, 6.07) is 5.68. The quantitative estimate of drug-likeness (QED) is 0.649. The summed E-state index contributed by atoms with van der Waals surface area (Å²) in [6.07, 6.45) is 7.15. The molecule has 1 fully saturated rings. The second kappa shape index (κ2) is 6.23. The summed E-state index contributed by atoms with van der Waals surface area (Å²) in [5, 5.41) is 3.10. The number of halogens is 1. The Hall–Kier alpha value is -1.03. The third-order valence-electron chi connectivity index (χ3n) is 3.45. The number of benzene rings is 1. The van der Waals surface area contributed by atoms with E-state index in [1.807, 2.05) is 6.07 Å². The normalized spacial score (nSPS) is 17.2. The van der Waals surface area contributed by atoms with Crippen molar-refractivity contribution in [1.82, 2.24) is 5.32 Å². The van der Waals surface area contributed by atoms with Gasteiger partial charge in [-0.15, -0.1) is 0 Å². The Bertz CT molecular complexity index is 426. The summed E-state index contributed by atoms with van der Waals surface area (Å²) in [4.78, 5) is 12.2. The predicted octanol–water partition coefficient (Wildman–Crippen LogP) is 3.48. The highest BCUT2D eigenvalue weighted by molar-refractivity contribution is 9.10. The van der Waals surface area contributed by atoms with Gasteiger partial charge in [0.2, 0.25) is 0 Å². The van der Waals surface area contributed by atoms with Crippen molar-refractivity contribution in [3.05, 3.63) is 28.2 Å². The Balaban J connectivity index is 2.04. The van der Waals surface area contributed by atoms with E-state index < -0.39 is 0 Å². The van der Waals surface area contributed by atoms with Crippen LogP contribution in [0.4, 0.5) is 5.69 Å². The number of amides is 1. The van der Waals surface area contributed by atoms with Gasteiger partial charge in [-0.2, -0.15) is 0 Å². The molecule has 0 aromatic heterocycles. The molecule has 2 rings (SSSR count). The highest BCUT2D eigenvalue weighted by atomic mass is 79.9. The zero-order valence-corrected chi connectivity index (χ0v) is 12.0. The molecule has 0 radical (unpaired) electrons. The van der Waals surface area contributed by atoms with Gasteiger partial charge < -0.3 is 11.1 Å². The second-order valence-corrected chi connectivity index (χ2v) is 5.81. The van der Waals surface area contributed by atoms with Crippen LogP contribution in [0.3, 0.4) is 0 Å². The summed E-state index contributed by atoms with van der Waals surface area (Å²) in [7, 11) is 0. The van der Waals surface area contributed by atoms with Crippen LogP contribution in [0.2, 0.25) is 0 Å². The molecule has 1 aliphatic rings. The Morgan fingerprint density at radius 2 is 1.89 bits per heavy atom. The maximum atomic E-state index is 12.2. The van der Waals surface area contributed by atoms with Gasteiger partial charge in [-0.05, 0) is 31.0 Å². The molecule has 0 spiro atoms. The van der Waals surface area contributed by atoms with Crippen LogP contribution in [-0.4, -0.2) is 11.9 Å². The van der Waals surface area contributed by atoms with E-state index in [9.17, 15) is 4.79 Å². The van der Waals surface area contributed by atoms with E-state index in [2.05, 4.69) is 21.2 Å². The fourth-order valence-electron chi connectivity index (χ4n) is 2.41. The third kappa shape index (κ3) is 3.48. The summed E-state index contributed by atoms with van der Waals surface area (Å²) in [5.41, 5.74) is 6.94. The van der Waals surface area contributed by atoms with Gasteiger partial charge in [0.1, 0.15) is 0 Å². The van der Waals surface area contributed by atoms with Crippen molar-refractivity contribution in [2.75, 3.05) is 5.73 Å². The number of nitrogens with one attached hydrogen (secondary N) is 1. The first-order chi connectivity index (χ1) is 8.66. The molecule has 18 heavy (non-hydrogen) atoms. The van der Waals surface area contributed by atoms with Crippen LogP contribution in [-0.2, 0) is 0 Å². The molecule has 1 aliphatic carbocycles. The molecule has 3 N–H and O–H groups in total. The molecular weight excluding hydrogens is 292 g/mol. The first-order valence-electron chi connectivity index (χ1n) is 6.52. The molecule has 1 aromatic carbocycles. The van der Waals surface area contributed by atoms with Crippen molar-refractivity contribution in [2.45, 2.75) is 44.6 Å². The van der Waals surface area contributed by atoms with Crippen LogP contribution in [0, 0.1) is 0 Å². The number of hydrogen-bond acceptors (Lipinski definition) is 2. The minimum Gasteiger partial charge on any atom is -0.398 e. The monoisotopic (exact) mass is 310 g/mol. The lowest BCUT2D eigenvalue weighted by molar-refractivity contribution is 0.0934. The van der Waals surface area contributed by atoms with Gasteiger partial charge in [0, 0.05) is 16.2 Å². The van der Waals surface area contributed by atoms with Gasteiger partial charge in [0.25, 0.3) is 5.91 Å². The van der Waals surface area contributed by atoms with Gasteiger partial charge in [0.15, 0.2) is 0 Å². The largest absolute Gasteiger partial charge is 0.398 e. The van der Waals surface area contributed by atoms with Gasteiger partial charge in [-0.1, -0.05) is 41.6 Å². The van der Waals surface area contributed by atoms with Crippen molar-refractivity contribution in [2.24, 2.45) is 0 Å². The van der Waals surface area contributed by atoms with E-state index >= 15 is 0 Å². The van der Waals surface area contributed by atoms with Gasteiger partial charge in [0.05, 0.1) is 5.56 Å². The van der Waals surface area contributed by atoms with Gasteiger partial charge >= 0.3 is 0 Å². The number of carbonyl (C=O) groups is 1. The Morgan fingerprint density at radius 1 is 1.22 bits per heavy atom. The third-order valence-corrected chi connectivity index (χ3v) is 3.94. The molecule has 1 aromatic rings. The lowest BCUT2D eigenvalue weighted by Crippen LogP contribution is -2.34. The van der Waals surface area contributed by atoms with E-state index in [0.29, 0.717) is 17.3 Å². The molecule has 0 atom stereocenters. The first kappa shape index (κ1) is 13.4. The maximum absolute atomic E-state index is 12.2. The summed E-state index contributed by atoms with van der Waals surface area (Å²) in [5.74, 6) is -0.0549. The summed E-state index contributed by atoms with van der Waals surface area (Å²) >= 11 is 3.37. The zero-order valence-electron chi connectivity index (χ0n) is 10.4. The van der Waals surface area contributed by atoms with Crippen LogP contribution in [0.15, 0.2) is 22.7 Å². The molecule has 0 unspecified atom stereocenters. The number of anilines is 1. The zero-order chi connectivity index (χ0) is 13.0. The standard InChI is InChI=1S/C14H19BrN2O/c15-10-7-8-13(16)12(9-10)14(18)17-11-5-3-1-2-4-6-11/h7-9,11H,1-6,16H2,(H,17,18). The summed E-state index contributed by atoms with van der Waals surface area (Å²) in [6.45, 7) is 0. The molecule has 0 bridgehead atoms. The minimum atomic E-state index is -0.0549. The molecule has 4 heteroatoms. The van der Waals surface area contributed by atoms with Crippen molar-refractivity contribution in [1.29, 1.82) is 0 Å². The lowest BCUT2D eigenvalue weighted by Gasteiger charge is -2.17. The molecule has 1 amide bonds. The number of hydrogen-bond donors (Lipinski definition) is 2. The fourth-order valence-corrected chi connectivity index (χ4v) is 2.77. The molecular formula is C14H19BrN2O. The van der Waals surface area contributed by atoms with Crippen LogP contribution in [0.1, 0.15) is 48.9 Å². The smallest absolute Gasteiger partial charge is 0.253 e. The van der Waals surface area contributed by atoms with Crippen LogP contribution in [0.5, 0.6) is 0 Å². The van der Waals surface area contributed by atoms with Crippen molar-refractivity contribution >= 4 is 27.5 Å². The van der Waals surface area contributed by atoms with E-state index in [1.165, 1.54) is 25.7 Å². The minimum absolute atomic E-state index is 0.0549. The highest BCUT2D eigenvalue weighted by Crippen LogP contribution is 2.21. The SMILES string of the molecule is Nc1ccc(Br)cc1C(=O)NC1CCCCCC1. The molecule has 0 aliphatic heterocycles. The number of nitrogen functional groups attached to an aromatic ring is 1. The van der Waals surface area contributed by atoms with Crippen LogP contribution >= 0.6 is 15.9 Å². The average molecular weight is 311 g/mol. The van der Waals surface area contributed by atoms with Gasteiger partial charge in [-0.3, -0.25) is 4.79 Å². The molecule has 0 saturated heterocycles. The van der Waals surface area contributed by atoms with E-state index in [1.54, 1.807) is 12.1 Å². The lowest BCUT2D eigenvalue weighted by atomic mass is 10.1. The second-order valence-electron chi connectivity index (χ2n) is 4.89. The number of nitrogens with two attached hydrogens (primary N) is 1. The van der Waals surface area contributed by atoms with Gasteiger partial charge in [-0.25, -0.2) is 0 Å². The van der Waals surface area contributed by atoms with Crippen LogP contribution in [0.25, 0.3) is 0 Å². The fraction of sp³-hybridized carbons (Fsp3) is 0.500. The van der Waals surface area contributed by atoms with Crippen molar-refractivity contribution in [3.63, 3.8) is 0 Å². The predicted molar refractivity (Wildman–Crippen MR) is 77.5 cm³/mol. The topological polar surface area (TPSA) is 55.1 Å². The number of rotatable bonds is 2. The Kier molecular flexibility index (Phi) is 4.64. The average Bonchev–Trinajstić information content (AvgIpc) is 2.61.